The van der Waals surface area contributed by atoms with Gasteiger partial charge in [-0.05, 0) is 43.7 Å². The molecule has 1 aliphatic carbocycles. The Labute approximate surface area is 231 Å². The summed E-state index contributed by atoms with van der Waals surface area (Å²) in [4.78, 5) is 28.7. The Morgan fingerprint density at radius 1 is 1.18 bits per heavy atom. The Hall–Kier alpha value is -3.50. The van der Waals surface area contributed by atoms with Crippen LogP contribution in [0.3, 0.4) is 0 Å². The third kappa shape index (κ3) is 4.98. The molecular weight excluding hydrogens is 518 g/mol. The minimum atomic E-state index is -0.674. The predicted octanol–water partition coefficient (Wildman–Crippen LogP) is 5.10. The van der Waals surface area contributed by atoms with Crippen molar-refractivity contribution in [1.82, 2.24) is 29.7 Å². The van der Waals surface area contributed by atoms with Crippen LogP contribution < -0.4 is 10.7 Å². The fourth-order valence-corrected chi connectivity index (χ4v) is 6.03. The van der Waals surface area contributed by atoms with E-state index < -0.39 is 5.76 Å². The first-order valence-corrected chi connectivity index (χ1v) is 13.9. The first-order chi connectivity index (χ1) is 18.9. The van der Waals surface area contributed by atoms with Gasteiger partial charge in [-0.25, -0.2) is 19.9 Å². The summed E-state index contributed by atoms with van der Waals surface area (Å²) < 4.78 is 13.4. The van der Waals surface area contributed by atoms with Crippen molar-refractivity contribution in [1.29, 1.82) is 0 Å². The molecule has 1 N–H and O–H groups in total. The molecule has 204 valence electrons. The molecule has 1 aromatic carbocycles. The fourth-order valence-electron chi connectivity index (χ4n) is 5.84. The lowest BCUT2D eigenvalue weighted by Gasteiger charge is -2.39. The summed E-state index contributed by atoms with van der Waals surface area (Å²) in [6.45, 7) is 10.5. The number of hydrogen-bond donors (Lipinski definition) is 1. The maximum absolute atomic E-state index is 11.7. The van der Waals surface area contributed by atoms with Gasteiger partial charge < -0.3 is 18.6 Å². The van der Waals surface area contributed by atoms with Crippen LogP contribution in [0.4, 0.5) is 5.95 Å². The van der Waals surface area contributed by atoms with Gasteiger partial charge in [-0.15, -0.1) is 11.7 Å². The smallest absolute Gasteiger partial charge is 0.384 e. The quantitative estimate of drug-likeness (QED) is 0.330. The Balaban J connectivity index is 1.59. The van der Waals surface area contributed by atoms with Gasteiger partial charge in [-0.2, -0.15) is 4.98 Å². The topological polar surface area (TPSA) is 115 Å². The molecule has 0 amide bonds. The van der Waals surface area contributed by atoms with Gasteiger partial charge >= 0.3 is 5.76 Å². The van der Waals surface area contributed by atoms with Crippen molar-refractivity contribution in [3.05, 3.63) is 52.5 Å². The van der Waals surface area contributed by atoms with Crippen molar-refractivity contribution in [2.75, 3.05) is 18.1 Å². The zero-order valence-corrected chi connectivity index (χ0v) is 22.9. The summed E-state index contributed by atoms with van der Waals surface area (Å²) in [7, 11) is 0. The number of nitrogens with zero attached hydrogens (tertiary/aromatic N) is 6. The number of nitrogens with one attached hydrogen (secondary N) is 1. The number of rotatable bonds is 6. The van der Waals surface area contributed by atoms with Crippen LogP contribution in [0.2, 0.25) is 5.02 Å². The van der Waals surface area contributed by atoms with Gasteiger partial charge in [0.1, 0.15) is 11.2 Å². The normalized spacial score (nSPS) is 23.8. The van der Waals surface area contributed by atoms with Crippen molar-refractivity contribution < 1.29 is 9.15 Å². The van der Waals surface area contributed by atoms with Crippen molar-refractivity contribution in [2.24, 2.45) is 11.8 Å². The molecule has 2 atom stereocenters. The molecule has 2 aliphatic rings. The third-order valence-corrected chi connectivity index (χ3v) is 8.17. The van der Waals surface area contributed by atoms with E-state index >= 15 is 0 Å². The number of fused-ring (bicyclic) bond motifs is 1. The van der Waals surface area contributed by atoms with E-state index in [1.54, 1.807) is 0 Å². The minimum absolute atomic E-state index is 0.00603. The highest BCUT2D eigenvalue weighted by atomic mass is 35.5. The van der Waals surface area contributed by atoms with E-state index in [9.17, 15) is 4.79 Å². The SMILES string of the molecule is C=CC1C(C)OCCN1c1nc2nc(-c3n[nH]c(=O)o3)nc(-c3cccc(Cl)c3)c2n1CC1CCC(C)CC1. The van der Waals surface area contributed by atoms with Crippen LogP contribution in [-0.4, -0.2) is 55.0 Å². The third-order valence-electron chi connectivity index (χ3n) is 7.94. The van der Waals surface area contributed by atoms with Gasteiger partial charge in [-0.3, -0.25) is 0 Å². The number of ether oxygens (including phenoxy) is 1. The summed E-state index contributed by atoms with van der Waals surface area (Å²) in [6, 6.07) is 7.50. The molecule has 1 saturated carbocycles. The highest BCUT2D eigenvalue weighted by Crippen LogP contribution is 2.37. The monoisotopic (exact) mass is 549 g/mol. The average molecular weight is 550 g/mol. The van der Waals surface area contributed by atoms with Gasteiger partial charge in [0.05, 0.1) is 18.8 Å². The lowest BCUT2D eigenvalue weighted by Crippen LogP contribution is -2.50. The molecule has 1 saturated heterocycles. The van der Waals surface area contributed by atoms with E-state index in [4.69, 9.17) is 35.7 Å². The molecule has 2 fully saturated rings. The number of hydrogen-bond acceptors (Lipinski definition) is 8. The Morgan fingerprint density at radius 2 is 2.00 bits per heavy atom. The highest BCUT2D eigenvalue weighted by Gasteiger charge is 2.33. The van der Waals surface area contributed by atoms with Crippen LogP contribution in [-0.2, 0) is 11.3 Å². The standard InChI is InChI=1S/C28H32ClN7O3/c1-4-21-17(3)38-13-12-35(21)27-32-24-23(36(27)15-18-10-8-16(2)9-11-18)22(19-6-5-7-20(29)14-19)30-25(31-24)26-33-34-28(37)39-26/h4-7,14,16-18,21H,1,8-13,15H2,2-3H3,(H,34,37). The number of benzene rings is 1. The Bertz CT molecular complexity index is 1550. The first kappa shape index (κ1) is 25.8. The molecule has 39 heavy (non-hydrogen) atoms. The van der Waals surface area contributed by atoms with Crippen LogP contribution in [0.15, 0.2) is 46.1 Å². The molecule has 3 aromatic heterocycles. The number of aromatic nitrogens is 6. The van der Waals surface area contributed by atoms with E-state index in [-0.39, 0.29) is 23.9 Å². The molecule has 2 unspecified atom stereocenters. The van der Waals surface area contributed by atoms with Crippen molar-refractivity contribution in [3.8, 4) is 23.0 Å². The highest BCUT2D eigenvalue weighted by molar-refractivity contribution is 6.30. The summed E-state index contributed by atoms with van der Waals surface area (Å²) in [5.41, 5.74) is 2.79. The molecular formula is C28H32ClN7O3. The van der Waals surface area contributed by atoms with Crippen molar-refractivity contribution in [2.45, 2.75) is 58.2 Å². The second-order valence-electron chi connectivity index (χ2n) is 10.6. The molecule has 10 nitrogen and oxygen atoms in total. The van der Waals surface area contributed by atoms with Crippen molar-refractivity contribution in [3.63, 3.8) is 0 Å². The van der Waals surface area contributed by atoms with Crippen LogP contribution in [0.5, 0.6) is 0 Å². The van der Waals surface area contributed by atoms with Crippen LogP contribution in [0.25, 0.3) is 34.1 Å². The minimum Gasteiger partial charge on any atom is -0.384 e. The first-order valence-electron chi connectivity index (χ1n) is 13.5. The summed E-state index contributed by atoms with van der Waals surface area (Å²) in [5.74, 6) is 1.57. The predicted molar refractivity (Wildman–Crippen MR) is 150 cm³/mol. The number of H-pyrrole nitrogens is 1. The zero-order chi connectivity index (χ0) is 27.1. The summed E-state index contributed by atoms with van der Waals surface area (Å²) in [6.07, 6.45) is 6.65. The molecule has 11 heteroatoms. The average Bonchev–Trinajstić information content (AvgIpc) is 3.53. The maximum atomic E-state index is 11.7. The van der Waals surface area contributed by atoms with E-state index in [2.05, 4.69) is 40.1 Å². The van der Waals surface area contributed by atoms with Gasteiger partial charge in [0, 0.05) is 23.7 Å². The van der Waals surface area contributed by atoms with Gasteiger partial charge in [0.2, 0.25) is 11.8 Å². The number of imidazole rings is 1. The summed E-state index contributed by atoms with van der Waals surface area (Å²) >= 11 is 6.42. The van der Waals surface area contributed by atoms with E-state index in [1.165, 1.54) is 12.8 Å². The van der Waals surface area contributed by atoms with Crippen LogP contribution in [0, 0.1) is 11.8 Å². The Kier molecular flexibility index (Phi) is 6.99. The van der Waals surface area contributed by atoms with E-state index in [1.807, 2.05) is 30.3 Å². The summed E-state index contributed by atoms with van der Waals surface area (Å²) in [5, 5.41) is 6.86. The molecule has 0 radical (unpaired) electrons. The molecule has 0 bridgehead atoms. The molecule has 1 aliphatic heterocycles. The van der Waals surface area contributed by atoms with Gasteiger partial charge in [0.15, 0.2) is 5.65 Å². The number of aromatic amines is 1. The zero-order valence-electron chi connectivity index (χ0n) is 22.1. The fraction of sp³-hybridized carbons (Fsp3) is 0.464. The Morgan fingerprint density at radius 3 is 2.72 bits per heavy atom. The lowest BCUT2D eigenvalue weighted by molar-refractivity contribution is 0.0345. The largest absolute Gasteiger partial charge is 0.434 e. The van der Waals surface area contributed by atoms with Crippen LogP contribution >= 0.6 is 11.6 Å². The molecule has 6 rings (SSSR count). The van der Waals surface area contributed by atoms with E-state index in [0.29, 0.717) is 35.4 Å². The van der Waals surface area contributed by atoms with Gasteiger partial charge in [0.25, 0.3) is 5.89 Å². The van der Waals surface area contributed by atoms with Crippen LogP contribution in [0.1, 0.15) is 39.5 Å². The molecule has 4 aromatic rings. The number of anilines is 1. The van der Waals surface area contributed by atoms with E-state index in [0.717, 1.165) is 42.3 Å². The number of halogens is 1. The number of morpholine rings is 1. The lowest BCUT2D eigenvalue weighted by atomic mass is 9.83. The molecule has 4 heterocycles. The van der Waals surface area contributed by atoms with Crippen molar-refractivity contribution >= 4 is 28.7 Å². The van der Waals surface area contributed by atoms with Gasteiger partial charge in [-0.1, -0.05) is 49.6 Å². The molecule has 0 spiro atoms. The maximum Gasteiger partial charge on any atom is 0.434 e. The second kappa shape index (κ2) is 10.6. The second-order valence-corrected chi connectivity index (χ2v) is 11.1.